The maximum atomic E-state index is 12.1. The highest BCUT2D eigenvalue weighted by Gasteiger charge is 2.15. The number of Topliss-reactive ketones (excluding diaryl/α,β-unsaturated/α-hetero) is 1. The average molecular weight is 307 g/mol. The molecule has 0 aliphatic carbocycles. The summed E-state index contributed by atoms with van der Waals surface area (Å²) in [6.45, 7) is 0.481. The van der Waals surface area contributed by atoms with E-state index in [1.165, 1.54) is 13.0 Å². The lowest BCUT2D eigenvalue weighted by Crippen LogP contribution is -2.05. The molecule has 0 bridgehead atoms. The molecule has 1 aromatic carbocycles. The number of carbonyl (C=O) groups excluding carboxylic acids is 1. The van der Waals surface area contributed by atoms with Crippen molar-refractivity contribution in [2.45, 2.75) is 31.7 Å². The van der Waals surface area contributed by atoms with Gasteiger partial charge in [0.25, 0.3) is 0 Å². The zero-order valence-corrected chi connectivity index (χ0v) is 11.1. The van der Waals surface area contributed by atoms with Gasteiger partial charge in [-0.3, -0.25) is 4.79 Å². The van der Waals surface area contributed by atoms with Crippen LogP contribution in [0.1, 0.15) is 29.8 Å². The van der Waals surface area contributed by atoms with E-state index in [4.69, 9.17) is 0 Å². The van der Waals surface area contributed by atoms with Crippen LogP contribution in [-0.4, -0.2) is 12.4 Å². The Labute approximate surface area is 107 Å². The summed E-state index contributed by atoms with van der Waals surface area (Å²) in [7, 11) is 0. The smallest absolute Gasteiger partial charge is 0.387 e. The van der Waals surface area contributed by atoms with Gasteiger partial charge in [0.05, 0.1) is 4.83 Å². The second kappa shape index (κ2) is 6.10. The van der Waals surface area contributed by atoms with E-state index >= 15 is 0 Å². The number of halogens is 3. The Kier molecular flexibility index (Phi) is 5.05. The SMILES string of the molecule is CCc1cc(OC(F)F)cc(C(Br)C(C)=O)c1. The summed E-state index contributed by atoms with van der Waals surface area (Å²) in [5.74, 6) is 0.00120. The van der Waals surface area contributed by atoms with E-state index in [0.29, 0.717) is 12.0 Å². The number of hydrogen-bond donors (Lipinski definition) is 0. The van der Waals surface area contributed by atoms with E-state index in [-0.39, 0.29) is 11.5 Å². The van der Waals surface area contributed by atoms with Gasteiger partial charge in [-0.05, 0) is 36.6 Å². The summed E-state index contributed by atoms with van der Waals surface area (Å²) in [6.07, 6.45) is 0.686. The van der Waals surface area contributed by atoms with E-state index in [9.17, 15) is 13.6 Å². The first kappa shape index (κ1) is 14.1. The second-order valence-corrected chi connectivity index (χ2v) is 4.53. The first-order valence-electron chi connectivity index (χ1n) is 5.17. The molecule has 1 aromatic rings. The number of rotatable bonds is 5. The van der Waals surface area contributed by atoms with Crippen molar-refractivity contribution < 1.29 is 18.3 Å². The van der Waals surface area contributed by atoms with E-state index in [0.717, 1.165) is 5.56 Å². The predicted octanol–water partition coefficient (Wildman–Crippen LogP) is 3.88. The minimum absolute atomic E-state index is 0.0822. The van der Waals surface area contributed by atoms with E-state index in [2.05, 4.69) is 20.7 Å². The number of ketones is 1. The van der Waals surface area contributed by atoms with Crippen molar-refractivity contribution in [2.24, 2.45) is 0 Å². The zero-order chi connectivity index (χ0) is 13.0. The Bertz CT molecular complexity index is 407. The number of benzene rings is 1. The van der Waals surface area contributed by atoms with Crippen LogP contribution in [-0.2, 0) is 11.2 Å². The second-order valence-electron chi connectivity index (χ2n) is 3.62. The first-order chi connectivity index (χ1) is 7.93. The molecular weight excluding hydrogens is 294 g/mol. The number of alkyl halides is 3. The van der Waals surface area contributed by atoms with Crippen LogP contribution >= 0.6 is 15.9 Å². The molecule has 0 aliphatic rings. The standard InChI is InChI=1S/C12H13BrF2O2/c1-3-8-4-9(11(13)7(2)16)6-10(5-8)17-12(14)15/h4-6,11-12H,3H2,1-2H3. The maximum Gasteiger partial charge on any atom is 0.387 e. The van der Waals surface area contributed by atoms with Crippen LogP contribution in [0.15, 0.2) is 18.2 Å². The normalized spacial score (nSPS) is 12.6. The molecule has 0 amide bonds. The van der Waals surface area contributed by atoms with Crippen LogP contribution in [0.2, 0.25) is 0 Å². The van der Waals surface area contributed by atoms with Crippen molar-refractivity contribution in [3.05, 3.63) is 29.3 Å². The van der Waals surface area contributed by atoms with Gasteiger partial charge < -0.3 is 4.74 Å². The monoisotopic (exact) mass is 306 g/mol. The third-order valence-electron chi connectivity index (χ3n) is 2.27. The molecule has 0 saturated carbocycles. The van der Waals surface area contributed by atoms with Gasteiger partial charge in [-0.15, -0.1) is 0 Å². The van der Waals surface area contributed by atoms with Gasteiger partial charge >= 0.3 is 6.61 Å². The Morgan fingerprint density at radius 3 is 2.53 bits per heavy atom. The van der Waals surface area contributed by atoms with E-state index in [1.54, 1.807) is 12.1 Å². The van der Waals surface area contributed by atoms with Crippen molar-refractivity contribution in [1.29, 1.82) is 0 Å². The fourth-order valence-corrected chi connectivity index (χ4v) is 1.71. The third-order valence-corrected chi connectivity index (χ3v) is 3.45. The first-order valence-corrected chi connectivity index (χ1v) is 6.08. The molecule has 1 unspecified atom stereocenters. The zero-order valence-electron chi connectivity index (χ0n) is 9.54. The van der Waals surface area contributed by atoms with Crippen LogP contribution in [0.5, 0.6) is 5.75 Å². The fraction of sp³-hybridized carbons (Fsp3) is 0.417. The Morgan fingerprint density at radius 1 is 1.41 bits per heavy atom. The Balaban J connectivity index is 3.08. The fourth-order valence-electron chi connectivity index (χ4n) is 1.44. The molecule has 0 heterocycles. The minimum atomic E-state index is -2.86. The quantitative estimate of drug-likeness (QED) is 0.772. The lowest BCUT2D eigenvalue weighted by Gasteiger charge is -2.12. The van der Waals surface area contributed by atoms with Crippen molar-refractivity contribution in [1.82, 2.24) is 0 Å². The molecule has 17 heavy (non-hydrogen) atoms. The Hall–Kier alpha value is -0.970. The molecule has 0 radical (unpaired) electrons. The topological polar surface area (TPSA) is 26.3 Å². The summed E-state index contributed by atoms with van der Waals surface area (Å²) >= 11 is 3.22. The third kappa shape index (κ3) is 4.07. The summed E-state index contributed by atoms with van der Waals surface area (Å²) in [4.78, 5) is 10.7. The van der Waals surface area contributed by atoms with Crippen molar-refractivity contribution in [3.8, 4) is 5.75 Å². The van der Waals surface area contributed by atoms with Gasteiger partial charge in [-0.2, -0.15) is 8.78 Å². The number of ether oxygens (including phenoxy) is 1. The lowest BCUT2D eigenvalue weighted by molar-refractivity contribution is -0.116. The molecule has 0 saturated heterocycles. The highest BCUT2D eigenvalue weighted by atomic mass is 79.9. The van der Waals surface area contributed by atoms with Crippen LogP contribution in [0.3, 0.4) is 0 Å². The van der Waals surface area contributed by atoms with E-state index < -0.39 is 11.4 Å². The Morgan fingerprint density at radius 2 is 2.06 bits per heavy atom. The summed E-state index contributed by atoms with van der Waals surface area (Å²) in [6, 6.07) is 4.81. The molecule has 0 aliphatic heterocycles. The van der Waals surface area contributed by atoms with Crippen LogP contribution in [0.25, 0.3) is 0 Å². The van der Waals surface area contributed by atoms with Crippen molar-refractivity contribution in [2.75, 3.05) is 0 Å². The van der Waals surface area contributed by atoms with Crippen molar-refractivity contribution in [3.63, 3.8) is 0 Å². The van der Waals surface area contributed by atoms with Gasteiger partial charge in [-0.25, -0.2) is 0 Å². The molecule has 1 atom stereocenters. The number of hydrogen-bond acceptors (Lipinski definition) is 2. The summed E-state index contributed by atoms with van der Waals surface area (Å²) in [5.41, 5.74) is 1.48. The van der Waals surface area contributed by atoms with Crippen LogP contribution in [0.4, 0.5) is 8.78 Å². The molecule has 0 N–H and O–H groups in total. The van der Waals surface area contributed by atoms with Crippen molar-refractivity contribution >= 4 is 21.7 Å². The molecule has 94 valence electrons. The highest BCUT2D eigenvalue weighted by molar-refractivity contribution is 9.09. The summed E-state index contributed by atoms with van der Waals surface area (Å²) in [5, 5.41) is 0. The molecular formula is C12H13BrF2O2. The molecule has 1 rings (SSSR count). The van der Waals surface area contributed by atoms with Crippen LogP contribution in [0, 0.1) is 0 Å². The number of carbonyl (C=O) groups is 1. The van der Waals surface area contributed by atoms with Gasteiger partial charge in [0.2, 0.25) is 0 Å². The largest absolute Gasteiger partial charge is 0.435 e. The van der Waals surface area contributed by atoms with Gasteiger partial charge in [-0.1, -0.05) is 28.9 Å². The molecule has 2 nitrogen and oxygen atoms in total. The maximum absolute atomic E-state index is 12.1. The molecule has 0 aromatic heterocycles. The van der Waals surface area contributed by atoms with Crippen LogP contribution < -0.4 is 4.74 Å². The lowest BCUT2D eigenvalue weighted by atomic mass is 10.0. The van der Waals surface area contributed by atoms with E-state index in [1.807, 2.05) is 6.92 Å². The molecule has 5 heteroatoms. The average Bonchev–Trinajstić information content (AvgIpc) is 2.26. The van der Waals surface area contributed by atoms with Gasteiger partial charge in [0, 0.05) is 0 Å². The van der Waals surface area contributed by atoms with Gasteiger partial charge in [0.1, 0.15) is 11.5 Å². The van der Waals surface area contributed by atoms with Gasteiger partial charge in [0.15, 0.2) is 0 Å². The molecule has 0 spiro atoms. The predicted molar refractivity (Wildman–Crippen MR) is 64.8 cm³/mol. The molecule has 0 fully saturated rings. The summed E-state index contributed by atoms with van der Waals surface area (Å²) < 4.78 is 28.7. The highest BCUT2D eigenvalue weighted by Crippen LogP contribution is 2.29. The minimum Gasteiger partial charge on any atom is -0.435 e. The number of aryl methyl sites for hydroxylation is 1.